The molecule has 0 aliphatic rings. The molecular formula is C20H18N4O2. The summed E-state index contributed by atoms with van der Waals surface area (Å²) in [6.07, 6.45) is 6.46. The molecule has 0 aliphatic heterocycles. The summed E-state index contributed by atoms with van der Waals surface area (Å²) < 4.78 is 13.2. The van der Waals surface area contributed by atoms with E-state index in [1.807, 2.05) is 71.7 Å². The van der Waals surface area contributed by atoms with E-state index < -0.39 is 0 Å². The monoisotopic (exact) mass is 346 g/mol. The van der Waals surface area contributed by atoms with Crippen molar-refractivity contribution >= 4 is 0 Å². The second-order valence-electron chi connectivity index (χ2n) is 5.82. The molecule has 26 heavy (non-hydrogen) atoms. The molecule has 0 N–H and O–H groups in total. The van der Waals surface area contributed by atoms with Crippen molar-refractivity contribution in [1.29, 1.82) is 0 Å². The summed E-state index contributed by atoms with van der Waals surface area (Å²) >= 11 is 0. The van der Waals surface area contributed by atoms with Gasteiger partial charge in [0.2, 0.25) is 5.82 Å². The van der Waals surface area contributed by atoms with Crippen LogP contribution in [0.1, 0.15) is 6.42 Å². The second-order valence-corrected chi connectivity index (χ2v) is 5.82. The number of hydrogen-bond donors (Lipinski definition) is 0. The summed E-state index contributed by atoms with van der Waals surface area (Å²) in [5, 5.41) is 4.06. The number of nitrogens with zero attached hydrogens (tertiary/aromatic N) is 4. The molecule has 6 heteroatoms. The number of benzene rings is 2. The lowest BCUT2D eigenvalue weighted by atomic mass is 10.2. The van der Waals surface area contributed by atoms with Crippen molar-refractivity contribution in [3.05, 3.63) is 73.3 Å². The third kappa shape index (κ3) is 3.80. The zero-order chi connectivity index (χ0) is 17.6. The lowest BCUT2D eigenvalue weighted by Gasteiger charge is -2.06. The van der Waals surface area contributed by atoms with Gasteiger partial charge in [-0.15, -0.1) is 0 Å². The normalized spacial score (nSPS) is 10.8. The smallest absolute Gasteiger partial charge is 0.258 e. The summed E-state index contributed by atoms with van der Waals surface area (Å²) in [7, 11) is 0. The lowest BCUT2D eigenvalue weighted by molar-refractivity contribution is 0.302. The molecule has 0 radical (unpaired) electrons. The van der Waals surface area contributed by atoms with E-state index in [4.69, 9.17) is 9.26 Å². The highest BCUT2D eigenvalue weighted by atomic mass is 16.5. The summed E-state index contributed by atoms with van der Waals surface area (Å²) in [5.74, 6) is 1.90. The molecular weight excluding hydrogens is 328 g/mol. The topological polar surface area (TPSA) is 66.0 Å². The van der Waals surface area contributed by atoms with Crippen molar-refractivity contribution in [2.45, 2.75) is 13.0 Å². The molecule has 0 spiro atoms. The van der Waals surface area contributed by atoms with Crippen LogP contribution in [0.4, 0.5) is 0 Å². The van der Waals surface area contributed by atoms with Gasteiger partial charge >= 0.3 is 0 Å². The average Bonchev–Trinajstić information content (AvgIpc) is 3.39. The molecule has 0 saturated carbocycles. The Morgan fingerprint density at radius 2 is 1.81 bits per heavy atom. The van der Waals surface area contributed by atoms with E-state index in [1.165, 1.54) is 0 Å². The van der Waals surface area contributed by atoms with Crippen LogP contribution in [-0.4, -0.2) is 26.3 Å². The Bertz CT molecular complexity index is 932. The summed E-state index contributed by atoms with van der Waals surface area (Å²) in [5.41, 5.74) is 1.80. The fraction of sp³-hybridized carbons (Fsp3) is 0.150. The van der Waals surface area contributed by atoms with Crippen LogP contribution < -0.4 is 4.74 Å². The van der Waals surface area contributed by atoms with Crippen molar-refractivity contribution in [2.24, 2.45) is 0 Å². The first-order valence-electron chi connectivity index (χ1n) is 8.46. The first kappa shape index (κ1) is 16.1. The fourth-order valence-corrected chi connectivity index (χ4v) is 2.60. The largest absolute Gasteiger partial charge is 0.494 e. The van der Waals surface area contributed by atoms with Crippen LogP contribution in [0.25, 0.3) is 22.8 Å². The Morgan fingerprint density at radius 3 is 2.58 bits per heavy atom. The van der Waals surface area contributed by atoms with Crippen LogP contribution >= 0.6 is 0 Å². The van der Waals surface area contributed by atoms with Crippen molar-refractivity contribution in [3.63, 3.8) is 0 Å². The maximum absolute atomic E-state index is 5.77. The quantitative estimate of drug-likeness (QED) is 0.472. The standard InChI is InChI=1S/C20H18N4O2/c1-2-5-17(6-3-1)20-22-19(23-26-20)16-7-9-18(10-8-16)25-14-4-12-24-13-11-21-15-24/h1-3,5-11,13,15H,4,12,14H2. The van der Waals surface area contributed by atoms with Gasteiger partial charge in [0.25, 0.3) is 5.89 Å². The van der Waals surface area contributed by atoms with Crippen molar-refractivity contribution < 1.29 is 9.26 Å². The molecule has 0 saturated heterocycles. The molecule has 4 rings (SSSR count). The van der Waals surface area contributed by atoms with Crippen LogP contribution in [0.5, 0.6) is 5.75 Å². The predicted molar refractivity (Wildman–Crippen MR) is 97.5 cm³/mol. The predicted octanol–water partition coefficient (Wildman–Crippen LogP) is 4.07. The van der Waals surface area contributed by atoms with E-state index in [0.29, 0.717) is 18.3 Å². The SMILES string of the molecule is c1ccc(-c2nc(-c3ccc(OCCCn4ccnc4)cc3)no2)cc1. The van der Waals surface area contributed by atoms with E-state index in [0.717, 1.165) is 29.8 Å². The third-order valence-corrected chi connectivity index (χ3v) is 3.95. The summed E-state index contributed by atoms with van der Waals surface area (Å²) in [4.78, 5) is 8.48. The molecule has 0 bridgehead atoms. The van der Waals surface area contributed by atoms with Crippen LogP contribution in [-0.2, 0) is 6.54 Å². The maximum Gasteiger partial charge on any atom is 0.258 e. The molecule has 130 valence electrons. The fourth-order valence-electron chi connectivity index (χ4n) is 2.60. The number of aromatic nitrogens is 4. The Balaban J connectivity index is 1.35. The zero-order valence-corrected chi connectivity index (χ0v) is 14.2. The molecule has 6 nitrogen and oxygen atoms in total. The van der Waals surface area contributed by atoms with Gasteiger partial charge < -0.3 is 13.8 Å². The van der Waals surface area contributed by atoms with Gasteiger partial charge in [-0.05, 0) is 42.8 Å². The molecule has 2 aromatic heterocycles. The molecule has 4 aromatic rings. The Hall–Kier alpha value is -3.41. The van der Waals surface area contributed by atoms with Gasteiger partial charge in [-0.25, -0.2) is 4.98 Å². The molecule has 0 amide bonds. The average molecular weight is 346 g/mol. The minimum Gasteiger partial charge on any atom is -0.494 e. The molecule has 2 aromatic carbocycles. The highest BCUT2D eigenvalue weighted by Gasteiger charge is 2.10. The van der Waals surface area contributed by atoms with E-state index in [2.05, 4.69) is 15.1 Å². The Kier molecular flexibility index (Phi) is 4.73. The van der Waals surface area contributed by atoms with Crippen molar-refractivity contribution in [3.8, 4) is 28.6 Å². The number of rotatable bonds is 7. The van der Waals surface area contributed by atoms with Crippen LogP contribution in [0, 0.1) is 0 Å². The minimum atomic E-state index is 0.514. The van der Waals surface area contributed by atoms with Crippen LogP contribution in [0.15, 0.2) is 77.8 Å². The Labute approximate surface area is 151 Å². The third-order valence-electron chi connectivity index (χ3n) is 3.95. The van der Waals surface area contributed by atoms with Crippen LogP contribution in [0.2, 0.25) is 0 Å². The molecule has 2 heterocycles. The van der Waals surface area contributed by atoms with Gasteiger partial charge in [-0.1, -0.05) is 23.4 Å². The van der Waals surface area contributed by atoms with Gasteiger partial charge in [-0.3, -0.25) is 0 Å². The number of imidazole rings is 1. The highest BCUT2D eigenvalue weighted by molar-refractivity contribution is 5.60. The van der Waals surface area contributed by atoms with Gasteiger partial charge in [-0.2, -0.15) is 4.98 Å². The number of ether oxygens (including phenoxy) is 1. The number of hydrogen-bond acceptors (Lipinski definition) is 5. The first-order chi connectivity index (χ1) is 12.9. The van der Waals surface area contributed by atoms with E-state index in [9.17, 15) is 0 Å². The van der Waals surface area contributed by atoms with Crippen molar-refractivity contribution in [2.75, 3.05) is 6.61 Å². The van der Waals surface area contributed by atoms with Crippen molar-refractivity contribution in [1.82, 2.24) is 19.7 Å². The van der Waals surface area contributed by atoms with Crippen LogP contribution in [0.3, 0.4) is 0 Å². The van der Waals surface area contributed by atoms with Gasteiger partial charge in [0.15, 0.2) is 0 Å². The van der Waals surface area contributed by atoms with Gasteiger partial charge in [0.1, 0.15) is 5.75 Å². The number of aryl methyl sites for hydroxylation is 1. The molecule has 0 fully saturated rings. The minimum absolute atomic E-state index is 0.514. The highest BCUT2D eigenvalue weighted by Crippen LogP contribution is 2.23. The molecule has 0 unspecified atom stereocenters. The van der Waals surface area contributed by atoms with E-state index >= 15 is 0 Å². The lowest BCUT2D eigenvalue weighted by Crippen LogP contribution is -2.02. The van der Waals surface area contributed by atoms with Gasteiger partial charge in [0.05, 0.1) is 12.9 Å². The van der Waals surface area contributed by atoms with E-state index in [-0.39, 0.29) is 0 Å². The summed E-state index contributed by atoms with van der Waals surface area (Å²) in [6.45, 7) is 1.54. The zero-order valence-electron chi connectivity index (χ0n) is 14.2. The second kappa shape index (κ2) is 7.65. The van der Waals surface area contributed by atoms with Gasteiger partial charge in [0, 0.05) is 30.1 Å². The summed E-state index contributed by atoms with van der Waals surface area (Å²) in [6, 6.07) is 17.4. The molecule has 0 aliphatic carbocycles. The maximum atomic E-state index is 5.77. The first-order valence-corrected chi connectivity index (χ1v) is 8.46. The van der Waals surface area contributed by atoms with E-state index in [1.54, 1.807) is 6.20 Å². The Morgan fingerprint density at radius 1 is 0.962 bits per heavy atom. The molecule has 0 atom stereocenters.